The lowest BCUT2D eigenvalue weighted by atomic mass is 10.2. The van der Waals surface area contributed by atoms with Crippen LogP contribution in [0.25, 0.3) is 0 Å². The first-order valence-electron chi connectivity index (χ1n) is 5.25. The molecule has 0 spiro atoms. The standard InChI is InChI=1S/C12H12N2/c1-2-9(1)3-6-11-7-12(10-4-5-10)14-8-13-11/h7-10H,1-2,4-5H2. The largest absolute Gasteiger partial charge is 0.241 e. The molecule has 0 aromatic carbocycles. The van der Waals surface area contributed by atoms with E-state index in [1.54, 1.807) is 6.33 Å². The zero-order valence-corrected chi connectivity index (χ0v) is 8.03. The van der Waals surface area contributed by atoms with Crippen molar-refractivity contribution in [3.8, 4) is 11.8 Å². The van der Waals surface area contributed by atoms with Gasteiger partial charge in [-0.3, -0.25) is 0 Å². The lowest BCUT2D eigenvalue weighted by Crippen LogP contribution is -1.90. The summed E-state index contributed by atoms with van der Waals surface area (Å²) in [6.45, 7) is 0. The predicted molar refractivity (Wildman–Crippen MR) is 53.6 cm³/mol. The summed E-state index contributed by atoms with van der Waals surface area (Å²) in [5.74, 6) is 7.69. The molecule has 2 saturated carbocycles. The molecule has 14 heavy (non-hydrogen) atoms. The minimum Gasteiger partial charge on any atom is -0.241 e. The summed E-state index contributed by atoms with van der Waals surface area (Å²) in [6.07, 6.45) is 6.75. The number of hydrogen-bond donors (Lipinski definition) is 0. The quantitative estimate of drug-likeness (QED) is 0.625. The molecule has 2 nitrogen and oxygen atoms in total. The first kappa shape index (κ1) is 7.99. The van der Waals surface area contributed by atoms with Gasteiger partial charge in [0.25, 0.3) is 0 Å². The van der Waals surface area contributed by atoms with Crippen molar-refractivity contribution >= 4 is 0 Å². The summed E-state index contributed by atoms with van der Waals surface area (Å²) < 4.78 is 0. The minimum absolute atomic E-state index is 0.648. The Hall–Kier alpha value is -1.36. The summed E-state index contributed by atoms with van der Waals surface area (Å²) >= 11 is 0. The highest BCUT2D eigenvalue weighted by atomic mass is 14.8. The second-order valence-corrected chi connectivity index (χ2v) is 4.15. The summed E-state index contributed by atoms with van der Waals surface area (Å²) in [5.41, 5.74) is 2.08. The van der Waals surface area contributed by atoms with Crippen LogP contribution in [0.4, 0.5) is 0 Å². The van der Waals surface area contributed by atoms with Crippen LogP contribution in [0, 0.1) is 17.8 Å². The first-order chi connectivity index (χ1) is 6.92. The molecule has 1 heterocycles. The SMILES string of the molecule is C(#CC1CC1)c1cc(C2CC2)ncn1. The van der Waals surface area contributed by atoms with Crippen molar-refractivity contribution in [2.45, 2.75) is 31.6 Å². The van der Waals surface area contributed by atoms with Gasteiger partial charge >= 0.3 is 0 Å². The van der Waals surface area contributed by atoms with Gasteiger partial charge in [-0.1, -0.05) is 5.92 Å². The molecule has 0 radical (unpaired) electrons. The number of rotatable bonds is 1. The molecule has 2 aliphatic rings. The van der Waals surface area contributed by atoms with Crippen LogP contribution in [-0.2, 0) is 0 Å². The van der Waals surface area contributed by atoms with E-state index < -0.39 is 0 Å². The molecule has 0 aliphatic heterocycles. The maximum atomic E-state index is 4.27. The van der Waals surface area contributed by atoms with E-state index in [9.17, 15) is 0 Å². The molecule has 2 heteroatoms. The lowest BCUT2D eigenvalue weighted by Gasteiger charge is -1.95. The van der Waals surface area contributed by atoms with E-state index in [2.05, 4.69) is 21.8 Å². The minimum atomic E-state index is 0.648. The van der Waals surface area contributed by atoms with Gasteiger partial charge in [-0.25, -0.2) is 9.97 Å². The average Bonchev–Trinajstić information content (AvgIpc) is 3.06. The highest BCUT2D eigenvalue weighted by molar-refractivity contribution is 5.31. The highest BCUT2D eigenvalue weighted by Gasteiger charge is 2.25. The van der Waals surface area contributed by atoms with Crippen LogP contribution in [0.2, 0.25) is 0 Å². The third kappa shape index (κ3) is 1.77. The summed E-state index contributed by atoms with van der Waals surface area (Å²) in [7, 11) is 0. The summed E-state index contributed by atoms with van der Waals surface area (Å²) in [6, 6.07) is 2.05. The van der Waals surface area contributed by atoms with Crippen LogP contribution in [0.5, 0.6) is 0 Å². The monoisotopic (exact) mass is 184 g/mol. The summed E-state index contributed by atoms with van der Waals surface area (Å²) in [4.78, 5) is 8.43. The van der Waals surface area contributed by atoms with Crippen molar-refractivity contribution < 1.29 is 0 Å². The average molecular weight is 184 g/mol. The molecule has 0 unspecified atom stereocenters. The molecule has 0 N–H and O–H groups in total. The van der Waals surface area contributed by atoms with Gasteiger partial charge in [-0.15, -0.1) is 0 Å². The first-order valence-corrected chi connectivity index (χ1v) is 5.25. The van der Waals surface area contributed by atoms with Gasteiger partial charge in [0.05, 0.1) is 0 Å². The maximum Gasteiger partial charge on any atom is 0.117 e. The fourth-order valence-electron chi connectivity index (χ4n) is 1.45. The zero-order chi connectivity index (χ0) is 9.38. The third-order valence-corrected chi connectivity index (χ3v) is 2.67. The van der Waals surface area contributed by atoms with E-state index in [0.29, 0.717) is 11.8 Å². The lowest BCUT2D eigenvalue weighted by molar-refractivity contribution is 0.980. The molecule has 0 amide bonds. The molecule has 2 fully saturated rings. The van der Waals surface area contributed by atoms with Crippen molar-refractivity contribution in [3.63, 3.8) is 0 Å². The van der Waals surface area contributed by atoms with Gasteiger partial charge in [-0.05, 0) is 37.7 Å². The predicted octanol–water partition coefficient (Wildman–Crippen LogP) is 2.12. The zero-order valence-electron chi connectivity index (χ0n) is 8.03. The Morgan fingerprint density at radius 2 is 2.00 bits per heavy atom. The molecule has 1 aromatic heterocycles. The summed E-state index contributed by atoms with van der Waals surface area (Å²) in [5, 5.41) is 0. The van der Waals surface area contributed by atoms with Crippen LogP contribution in [0.1, 0.15) is 43.0 Å². The van der Waals surface area contributed by atoms with Crippen molar-refractivity contribution in [1.29, 1.82) is 0 Å². The van der Waals surface area contributed by atoms with Gasteiger partial charge in [0.2, 0.25) is 0 Å². The third-order valence-electron chi connectivity index (χ3n) is 2.67. The van der Waals surface area contributed by atoms with Gasteiger partial charge in [-0.2, -0.15) is 0 Å². The second kappa shape index (κ2) is 3.09. The van der Waals surface area contributed by atoms with Crippen molar-refractivity contribution in [2.24, 2.45) is 5.92 Å². The Morgan fingerprint density at radius 3 is 2.71 bits per heavy atom. The molecular weight excluding hydrogens is 172 g/mol. The van der Waals surface area contributed by atoms with Crippen molar-refractivity contribution in [3.05, 3.63) is 23.8 Å². The van der Waals surface area contributed by atoms with Gasteiger partial charge in [0.1, 0.15) is 12.0 Å². The molecule has 0 bridgehead atoms. The van der Waals surface area contributed by atoms with Crippen LogP contribution < -0.4 is 0 Å². The van der Waals surface area contributed by atoms with Crippen LogP contribution >= 0.6 is 0 Å². The Kier molecular flexibility index (Phi) is 1.77. The van der Waals surface area contributed by atoms with Gasteiger partial charge in [0, 0.05) is 17.5 Å². The van der Waals surface area contributed by atoms with Gasteiger partial charge < -0.3 is 0 Å². The molecule has 3 rings (SSSR count). The van der Waals surface area contributed by atoms with E-state index in [-0.39, 0.29) is 0 Å². The second-order valence-electron chi connectivity index (χ2n) is 4.15. The van der Waals surface area contributed by atoms with Crippen LogP contribution in [0.15, 0.2) is 12.4 Å². The molecule has 0 atom stereocenters. The van der Waals surface area contributed by atoms with Crippen molar-refractivity contribution in [2.75, 3.05) is 0 Å². The maximum absolute atomic E-state index is 4.27. The number of hydrogen-bond acceptors (Lipinski definition) is 2. The van der Waals surface area contributed by atoms with E-state index >= 15 is 0 Å². The van der Waals surface area contributed by atoms with E-state index in [1.807, 2.05) is 6.07 Å². The Balaban J connectivity index is 1.83. The smallest absolute Gasteiger partial charge is 0.117 e. The Labute approximate surface area is 83.8 Å². The fraction of sp³-hybridized carbons (Fsp3) is 0.500. The van der Waals surface area contributed by atoms with E-state index in [4.69, 9.17) is 0 Å². The van der Waals surface area contributed by atoms with E-state index in [0.717, 1.165) is 5.69 Å². The molecule has 70 valence electrons. The highest BCUT2D eigenvalue weighted by Crippen LogP contribution is 2.38. The fourth-order valence-corrected chi connectivity index (χ4v) is 1.45. The Bertz CT molecular complexity index is 406. The number of aromatic nitrogens is 2. The normalized spacial score (nSPS) is 20.0. The van der Waals surface area contributed by atoms with Gasteiger partial charge in [0.15, 0.2) is 0 Å². The molecule has 0 saturated heterocycles. The van der Waals surface area contributed by atoms with Crippen LogP contribution in [-0.4, -0.2) is 9.97 Å². The number of nitrogens with zero attached hydrogens (tertiary/aromatic N) is 2. The van der Waals surface area contributed by atoms with Crippen LogP contribution in [0.3, 0.4) is 0 Å². The van der Waals surface area contributed by atoms with E-state index in [1.165, 1.54) is 31.4 Å². The van der Waals surface area contributed by atoms with Crippen molar-refractivity contribution in [1.82, 2.24) is 9.97 Å². The molecule has 1 aromatic rings. The Morgan fingerprint density at radius 1 is 1.14 bits per heavy atom. The molecular formula is C12H12N2. The molecule has 2 aliphatic carbocycles. The topological polar surface area (TPSA) is 25.8 Å².